The van der Waals surface area contributed by atoms with Crippen LogP contribution < -0.4 is 5.56 Å². The summed E-state index contributed by atoms with van der Waals surface area (Å²) < 4.78 is 6.55. The molecule has 1 N–H and O–H groups in total. The van der Waals surface area contributed by atoms with Crippen molar-refractivity contribution in [2.45, 2.75) is 32.1 Å². The third kappa shape index (κ3) is 2.23. The molecule has 0 radical (unpaired) electrons. The molecule has 0 fully saturated rings. The molecule has 0 saturated heterocycles. The maximum Gasteiger partial charge on any atom is 0.343 e. The van der Waals surface area contributed by atoms with Crippen molar-refractivity contribution >= 4 is 5.97 Å². The second-order valence-electron chi connectivity index (χ2n) is 5.42. The molecule has 1 aliphatic heterocycles. The molecule has 0 spiro atoms. The average molecular weight is 299 g/mol. The number of aliphatic hydroxyl groups is 1. The van der Waals surface area contributed by atoms with E-state index < -0.39 is 11.6 Å². The van der Waals surface area contributed by atoms with Crippen LogP contribution in [0, 0.1) is 0 Å². The summed E-state index contributed by atoms with van der Waals surface area (Å²) in [6.07, 6.45) is 1.79. The summed E-state index contributed by atoms with van der Waals surface area (Å²) in [4.78, 5) is 24.4. The lowest BCUT2D eigenvalue weighted by Crippen LogP contribution is -2.44. The minimum Gasteiger partial charge on any atom is -0.458 e. The molecule has 1 aliphatic rings. The maximum atomic E-state index is 12.6. The van der Waals surface area contributed by atoms with E-state index in [1.165, 1.54) is 0 Å². The SMILES string of the molecule is CCC1(O)C(=O)OCc2c1ccn(Cc1ccccc1)c2=O. The summed E-state index contributed by atoms with van der Waals surface area (Å²) in [5.41, 5.74) is -0.245. The number of esters is 1. The minimum absolute atomic E-state index is 0.0923. The van der Waals surface area contributed by atoms with E-state index >= 15 is 0 Å². The van der Waals surface area contributed by atoms with Gasteiger partial charge in [-0.2, -0.15) is 0 Å². The number of nitrogens with zero attached hydrogens (tertiary/aromatic N) is 1. The van der Waals surface area contributed by atoms with Crippen LogP contribution in [-0.2, 0) is 28.3 Å². The summed E-state index contributed by atoms with van der Waals surface area (Å²) in [6.45, 7) is 2.03. The molecule has 5 heteroatoms. The molecule has 2 aromatic rings. The predicted molar refractivity (Wildman–Crippen MR) is 80.2 cm³/mol. The molecular formula is C17H17NO4. The number of rotatable bonds is 3. The number of hydrogen-bond donors (Lipinski definition) is 1. The highest BCUT2D eigenvalue weighted by Crippen LogP contribution is 2.32. The van der Waals surface area contributed by atoms with Gasteiger partial charge in [0.2, 0.25) is 0 Å². The first-order valence-corrected chi connectivity index (χ1v) is 7.22. The van der Waals surface area contributed by atoms with Gasteiger partial charge in [-0.3, -0.25) is 4.79 Å². The van der Waals surface area contributed by atoms with Gasteiger partial charge in [-0.25, -0.2) is 4.79 Å². The molecule has 1 unspecified atom stereocenters. The Balaban J connectivity index is 2.05. The highest BCUT2D eigenvalue weighted by Gasteiger charge is 2.43. The van der Waals surface area contributed by atoms with Crippen LogP contribution in [0.5, 0.6) is 0 Å². The highest BCUT2D eigenvalue weighted by atomic mass is 16.6. The zero-order chi connectivity index (χ0) is 15.7. The van der Waals surface area contributed by atoms with Crippen LogP contribution in [0.4, 0.5) is 0 Å². The van der Waals surface area contributed by atoms with Crippen molar-refractivity contribution in [1.82, 2.24) is 4.57 Å². The lowest BCUT2D eigenvalue weighted by molar-refractivity contribution is -0.172. The quantitative estimate of drug-likeness (QED) is 0.873. The minimum atomic E-state index is -1.72. The number of hydrogen-bond acceptors (Lipinski definition) is 4. The standard InChI is InChI=1S/C17H17NO4/c1-2-17(21)14-8-9-18(10-12-6-4-3-5-7-12)15(19)13(14)11-22-16(17)20/h3-9,21H,2,10-11H2,1H3. The molecule has 2 heterocycles. The average Bonchev–Trinajstić information content (AvgIpc) is 2.54. The van der Waals surface area contributed by atoms with Gasteiger partial charge < -0.3 is 14.4 Å². The Bertz CT molecular complexity index is 766. The van der Waals surface area contributed by atoms with E-state index in [1.807, 2.05) is 30.3 Å². The van der Waals surface area contributed by atoms with Crippen molar-refractivity contribution in [1.29, 1.82) is 0 Å². The Labute approximate surface area is 127 Å². The Morgan fingerprint density at radius 1 is 1.23 bits per heavy atom. The number of fused-ring (bicyclic) bond motifs is 1. The van der Waals surface area contributed by atoms with Gasteiger partial charge in [0, 0.05) is 11.8 Å². The maximum absolute atomic E-state index is 12.6. The molecular weight excluding hydrogens is 282 g/mol. The molecule has 1 aromatic heterocycles. The summed E-state index contributed by atoms with van der Waals surface area (Å²) in [7, 11) is 0. The van der Waals surface area contributed by atoms with Crippen LogP contribution in [0.1, 0.15) is 30.0 Å². The molecule has 0 amide bonds. The number of pyridine rings is 1. The van der Waals surface area contributed by atoms with Crippen molar-refractivity contribution in [3.05, 3.63) is 69.6 Å². The third-order valence-corrected chi connectivity index (χ3v) is 4.10. The molecule has 114 valence electrons. The third-order valence-electron chi connectivity index (χ3n) is 4.10. The Morgan fingerprint density at radius 2 is 1.95 bits per heavy atom. The van der Waals surface area contributed by atoms with Gasteiger partial charge >= 0.3 is 5.97 Å². The molecule has 1 atom stereocenters. The number of aromatic nitrogens is 1. The van der Waals surface area contributed by atoms with E-state index in [0.717, 1.165) is 5.56 Å². The van der Waals surface area contributed by atoms with Crippen LogP contribution >= 0.6 is 0 Å². The first kappa shape index (κ1) is 14.5. The highest BCUT2D eigenvalue weighted by molar-refractivity contribution is 5.82. The Kier molecular flexibility index (Phi) is 3.58. The Morgan fingerprint density at radius 3 is 2.64 bits per heavy atom. The van der Waals surface area contributed by atoms with Crippen LogP contribution in [0.15, 0.2) is 47.4 Å². The van der Waals surface area contributed by atoms with Crippen molar-refractivity contribution in [2.24, 2.45) is 0 Å². The van der Waals surface area contributed by atoms with E-state index in [2.05, 4.69) is 0 Å². The Hall–Kier alpha value is -2.40. The summed E-state index contributed by atoms with van der Waals surface area (Å²) >= 11 is 0. The number of cyclic esters (lactones) is 1. The zero-order valence-electron chi connectivity index (χ0n) is 12.3. The molecule has 1 aromatic carbocycles. The van der Waals surface area contributed by atoms with Crippen molar-refractivity contribution in [3.8, 4) is 0 Å². The van der Waals surface area contributed by atoms with Gasteiger partial charge in [0.15, 0.2) is 5.60 Å². The lowest BCUT2D eigenvalue weighted by Gasteiger charge is -2.31. The van der Waals surface area contributed by atoms with E-state index in [1.54, 1.807) is 23.8 Å². The summed E-state index contributed by atoms with van der Waals surface area (Å²) in [5.74, 6) is -0.692. The van der Waals surface area contributed by atoms with Crippen LogP contribution in [0.3, 0.4) is 0 Å². The van der Waals surface area contributed by atoms with Crippen molar-refractivity contribution < 1.29 is 14.6 Å². The second kappa shape index (κ2) is 5.42. The predicted octanol–water partition coefficient (Wildman–Crippen LogP) is 1.55. The largest absolute Gasteiger partial charge is 0.458 e. The van der Waals surface area contributed by atoms with Crippen LogP contribution in [-0.4, -0.2) is 15.6 Å². The topological polar surface area (TPSA) is 68.5 Å². The fraction of sp³-hybridized carbons (Fsp3) is 0.294. The first-order chi connectivity index (χ1) is 10.6. The molecule has 0 aliphatic carbocycles. The normalized spacial score (nSPS) is 20.4. The van der Waals surface area contributed by atoms with Gasteiger partial charge in [0.1, 0.15) is 6.61 Å². The molecule has 5 nitrogen and oxygen atoms in total. The molecule has 0 saturated carbocycles. The van der Waals surface area contributed by atoms with E-state index in [0.29, 0.717) is 17.7 Å². The van der Waals surface area contributed by atoms with Gasteiger partial charge in [0.25, 0.3) is 5.56 Å². The zero-order valence-corrected chi connectivity index (χ0v) is 12.3. The fourth-order valence-electron chi connectivity index (χ4n) is 2.75. The van der Waals surface area contributed by atoms with E-state index in [4.69, 9.17) is 4.74 Å². The molecule has 22 heavy (non-hydrogen) atoms. The number of carbonyl (C=O) groups is 1. The van der Waals surface area contributed by atoms with Gasteiger partial charge in [-0.05, 0) is 18.1 Å². The van der Waals surface area contributed by atoms with Crippen LogP contribution in [0.2, 0.25) is 0 Å². The second-order valence-corrected chi connectivity index (χ2v) is 5.42. The number of benzene rings is 1. The lowest BCUT2D eigenvalue weighted by atomic mass is 9.87. The molecule has 0 bridgehead atoms. The number of carbonyl (C=O) groups excluding carboxylic acids is 1. The van der Waals surface area contributed by atoms with Gasteiger partial charge in [-0.1, -0.05) is 37.3 Å². The van der Waals surface area contributed by atoms with Gasteiger partial charge in [-0.15, -0.1) is 0 Å². The van der Waals surface area contributed by atoms with Crippen molar-refractivity contribution in [2.75, 3.05) is 0 Å². The summed E-state index contributed by atoms with van der Waals surface area (Å²) in [5, 5.41) is 10.5. The molecule has 3 rings (SSSR count). The number of ether oxygens (including phenoxy) is 1. The van der Waals surface area contributed by atoms with E-state index in [-0.39, 0.29) is 18.6 Å². The van der Waals surface area contributed by atoms with Gasteiger partial charge in [0.05, 0.1) is 12.1 Å². The monoisotopic (exact) mass is 299 g/mol. The van der Waals surface area contributed by atoms with Crippen molar-refractivity contribution in [3.63, 3.8) is 0 Å². The van der Waals surface area contributed by atoms with Crippen LogP contribution in [0.25, 0.3) is 0 Å². The van der Waals surface area contributed by atoms with E-state index in [9.17, 15) is 14.7 Å². The summed E-state index contributed by atoms with van der Waals surface area (Å²) in [6, 6.07) is 11.3. The fourth-order valence-corrected chi connectivity index (χ4v) is 2.75. The smallest absolute Gasteiger partial charge is 0.343 e. The first-order valence-electron chi connectivity index (χ1n) is 7.22.